The number of hydrogen-bond acceptors (Lipinski definition) is 3. The molecule has 0 bridgehead atoms. The molecule has 1 aromatic heterocycles. The van der Waals surface area contributed by atoms with Crippen LogP contribution < -0.4 is 5.32 Å². The fraction of sp³-hybridized carbons (Fsp3) is 0.615. The van der Waals surface area contributed by atoms with Crippen molar-refractivity contribution >= 4 is 11.6 Å². The number of fused-ring (bicyclic) bond motifs is 1. The average molecular weight is 252 g/mol. The van der Waals surface area contributed by atoms with Crippen LogP contribution in [0.4, 0.5) is 0 Å². The zero-order valence-corrected chi connectivity index (χ0v) is 10.8. The molecule has 0 amide bonds. The van der Waals surface area contributed by atoms with Gasteiger partial charge in [-0.2, -0.15) is 0 Å². The van der Waals surface area contributed by atoms with E-state index in [0.717, 1.165) is 23.4 Å². The lowest BCUT2D eigenvalue weighted by Crippen LogP contribution is -2.32. The Morgan fingerprint density at radius 3 is 3.18 bits per heavy atom. The van der Waals surface area contributed by atoms with Crippen LogP contribution in [-0.4, -0.2) is 35.6 Å². The van der Waals surface area contributed by atoms with E-state index < -0.39 is 0 Å². The summed E-state index contributed by atoms with van der Waals surface area (Å²) in [7, 11) is 0. The molecule has 0 aromatic carbocycles. The Hall–Kier alpha value is -0.640. The molecule has 3 rings (SSSR count). The summed E-state index contributed by atoms with van der Waals surface area (Å²) in [6, 6.07) is 2.68. The zero-order chi connectivity index (χ0) is 11.8. The Bertz CT molecular complexity index is 409. The van der Waals surface area contributed by atoms with Gasteiger partial charge in [-0.25, -0.2) is 0 Å². The Morgan fingerprint density at radius 2 is 2.41 bits per heavy atom. The minimum Gasteiger partial charge on any atom is -0.316 e. The van der Waals surface area contributed by atoms with Gasteiger partial charge in [0.15, 0.2) is 0 Å². The number of hydrogen-bond donors (Lipinski definition) is 1. The van der Waals surface area contributed by atoms with Crippen LogP contribution in [-0.2, 0) is 6.54 Å². The maximum absolute atomic E-state index is 6.17. The van der Waals surface area contributed by atoms with Gasteiger partial charge in [0.25, 0.3) is 0 Å². The summed E-state index contributed by atoms with van der Waals surface area (Å²) in [4.78, 5) is 6.59. The molecule has 17 heavy (non-hydrogen) atoms. The van der Waals surface area contributed by atoms with Gasteiger partial charge in [-0.05, 0) is 43.5 Å². The van der Waals surface area contributed by atoms with Gasteiger partial charge in [0.2, 0.25) is 0 Å². The molecule has 3 atom stereocenters. The molecule has 92 valence electrons. The molecule has 4 heteroatoms. The van der Waals surface area contributed by atoms with E-state index >= 15 is 0 Å². The highest BCUT2D eigenvalue weighted by atomic mass is 35.5. The standard InChI is InChI=1S/C13H18ClN3/c1-9-12-5-16-4-11(12)8-17(9)7-10-2-3-15-6-13(10)14/h2-3,6,9,11-12,16H,4-5,7-8H2,1H3. The first-order valence-electron chi connectivity index (χ1n) is 6.29. The minimum atomic E-state index is 0.652. The van der Waals surface area contributed by atoms with Crippen molar-refractivity contribution in [3.63, 3.8) is 0 Å². The van der Waals surface area contributed by atoms with Gasteiger partial charge in [0, 0.05) is 31.5 Å². The third-order valence-electron chi connectivity index (χ3n) is 4.29. The van der Waals surface area contributed by atoms with Crippen molar-refractivity contribution in [3.05, 3.63) is 29.0 Å². The van der Waals surface area contributed by atoms with Crippen molar-refractivity contribution in [2.75, 3.05) is 19.6 Å². The van der Waals surface area contributed by atoms with E-state index in [0.29, 0.717) is 6.04 Å². The third-order valence-corrected chi connectivity index (χ3v) is 4.63. The van der Waals surface area contributed by atoms with Gasteiger partial charge < -0.3 is 5.32 Å². The number of rotatable bonds is 2. The van der Waals surface area contributed by atoms with Crippen molar-refractivity contribution in [1.82, 2.24) is 15.2 Å². The van der Waals surface area contributed by atoms with E-state index in [9.17, 15) is 0 Å². The number of pyridine rings is 1. The highest BCUT2D eigenvalue weighted by Crippen LogP contribution is 2.33. The Kier molecular flexibility index (Phi) is 3.07. The van der Waals surface area contributed by atoms with Crippen LogP contribution in [0.1, 0.15) is 12.5 Å². The summed E-state index contributed by atoms with van der Waals surface area (Å²) in [5.74, 6) is 1.64. The van der Waals surface area contributed by atoms with Crippen LogP contribution in [0.2, 0.25) is 5.02 Å². The monoisotopic (exact) mass is 251 g/mol. The third kappa shape index (κ3) is 2.07. The molecule has 1 N–H and O–H groups in total. The Balaban J connectivity index is 1.73. The highest BCUT2D eigenvalue weighted by molar-refractivity contribution is 6.31. The molecule has 1 aromatic rings. The summed E-state index contributed by atoms with van der Waals surface area (Å²) in [6.07, 6.45) is 3.56. The summed E-state index contributed by atoms with van der Waals surface area (Å²) in [5.41, 5.74) is 1.20. The van der Waals surface area contributed by atoms with Gasteiger partial charge >= 0.3 is 0 Å². The lowest BCUT2D eigenvalue weighted by Gasteiger charge is -2.24. The molecule has 0 radical (unpaired) electrons. The lowest BCUT2D eigenvalue weighted by atomic mass is 9.95. The van der Waals surface area contributed by atoms with E-state index in [1.165, 1.54) is 25.2 Å². The lowest BCUT2D eigenvalue weighted by molar-refractivity contribution is 0.231. The molecule has 3 nitrogen and oxygen atoms in total. The van der Waals surface area contributed by atoms with E-state index in [1.54, 1.807) is 6.20 Å². The average Bonchev–Trinajstić information content (AvgIpc) is 2.87. The smallest absolute Gasteiger partial charge is 0.0634 e. The van der Waals surface area contributed by atoms with Crippen LogP contribution in [0.3, 0.4) is 0 Å². The normalized spacial score (nSPS) is 32.9. The van der Waals surface area contributed by atoms with Crippen LogP contribution in [0.5, 0.6) is 0 Å². The SMILES string of the molecule is CC1C2CNCC2CN1Cc1ccncc1Cl. The first kappa shape index (κ1) is 11.5. The van der Waals surface area contributed by atoms with Gasteiger partial charge in [0.1, 0.15) is 0 Å². The van der Waals surface area contributed by atoms with Crippen molar-refractivity contribution < 1.29 is 0 Å². The van der Waals surface area contributed by atoms with Gasteiger partial charge in [0.05, 0.1) is 5.02 Å². The molecule has 0 aliphatic carbocycles. The summed E-state index contributed by atoms with van der Waals surface area (Å²) >= 11 is 6.17. The van der Waals surface area contributed by atoms with Gasteiger partial charge in [-0.15, -0.1) is 0 Å². The number of halogens is 1. The number of likely N-dealkylation sites (tertiary alicyclic amines) is 1. The Labute approximate surface area is 107 Å². The first-order valence-corrected chi connectivity index (χ1v) is 6.66. The van der Waals surface area contributed by atoms with E-state index in [2.05, 4.69) is 22.1 Å². The van der Waals surface area contributed by atoms with Crippen LogP contribution in [0, 0.1) is 11.8 Å². The summed E-state index contributed by atoms with van der Waals surface area (Å²) in [5, 5.41) is 4.27. The van der Waals surface area contributed by atoms with E-state index in [-0.39, 0.29) is 0 Å². The molecular formula is C13H18ClN3. The molecule has 0 saturated carbocycles. The summed E-state index contributed by atoms with van der Waals surface area (Å²) in [6.45, 7) is 6.84. The van der Waals surface area contributed by atoms with Crippen molar-refractivity contribution in [3.8, 4) is 0 Å². The Morgan fingerprint density at radius 1 is 1.53 bits per heavy atom. The molecule has 2 aliphatic heterocycles. The van der Waals surface area contributed by atoms with Crippen molar-refractivity contribution in [1.29, 1.82) is 0 Å². The van der Waals surface area contributed by atoms with Crippen LogP contribution in [0.25, 0.3) is 0 Å². The molecule has 3 heterocycles. The molecule has 0 spiro atoms. The second kappa shape index (κ2) is 4.56. The molecule has 3 unspecified atom stereocenters. The van der Waals surface area contributed by atoms with Crippen LogP contribution >= 0.6 is 11.6 Å². The highest BCUT2D eigenvalue weighted by Gasteiger charge is 2.41. The second-order valence-corrected chi connectivity index (χ2v) is 5.63. The maximum atomic E-state index is 6.17. The summed E-state index contributed by atoms with van der Waals surface area (Å²) < 4.78 is 0. The van der Waals surface area contributed by atoms with Gasteiger partial charge in [-0.1, -0.05) is 11.6 Å². The fourth-order valence-electron chi connectivity index (χ4n) is 3.22. The second-order valence-electron chi connectivity index (χ2n) is 5.22. The van der Waals surface area contributed by atoms with Crippen LogP contribution in [0.15, 0.2) is 18.5 Å². The number of nitrogens with zero attached hydrogens (tertiary/aromatic N) is 2. The molecule has 2 saturated heterocycles. The van der Waals surface area contributed by atoms with E-state index in [1.807, 2.05) is 12.3 Å². The largest absolute Gasteiger partial charge is 0.316 e. The van der Waals surface area contributed by atoms with Gasteiger partial charge in [-0.3, -0.25) is 9.88 Å². The quantitative estimate of drug-likeness (QED) is 0.869. The predicted octanol–water partition coefficient (Wildman–Crippen LogP) is 1.77. The van der Waals surface area contributed by atoms with Crippen molar-refractivity contribution in [2.45, 2.75) is 19.5 Å². The van der Waals surface area contributed by atoms with E-state index in [4.69, 9.17) is 11.6 Å². The predicted molar refractivity (Wildman–Crippen MR) is 69.0 cm³/mol. The molecule has 2 fully saturated rings. The van der Waals surface area contributed by atoms with Crippen molar-refractivity contribution in [2.24, 2.45) is 11.8 Å². The minimum absolute atomic E-state index is 0.652. The topological polar surface area (TPSA) is 28.2 Å². The molecular weight excluding hydrogens is 234 g/mol. The fourth-order valence-corrected chi connectivity index (χ4v) is 3.39. The number of nitrogens with one attached hydrogen (secondary N) is 1. The number of aromatic nitrogens is 1. The first-order chi connectivity index (χ1) is 8.25. The molecule has 2 aliphatic rings. The maximum Gasteiger partial charge on any atom is 0.0634 e. The zero-order valence-electron chi connectivity index (χ0n) is 10.1.